The van der Waals surface area contributed by atoms with Gasteiger partial charge in [0.2, 0.25) is 5.13 Å². The van der Waals surface area contributed by atoms with Crippen molar-refractivity contribution in [3.05, 3.63) is 65.6 Å². The largest absolute Gasteiger partial charge is 0.467 e. The minimum atomic E-state index is 0.610. The van der Waals surface area contributed by atoms with Crippen molar-refractivity contribution in [3.8, 4) is 10.6 Å². The molecule has 0 fully saturated rings. The lowest BCUT2D eigenvalue weighted by molar-refractivity contribution is 0.518. The molecule has 1 N–H and O–H groups in total. The topological polar surface area (TPSA) is 63.8 Å². The predicted octanol–water partition coefficient (Wildman–Crippen LogP) is 5.16. The van der Waals surface area contributed by atoms with E-state index in [4.69, 9.17) is 9.40 Å². The Morgan fingerprint density at radius 1 is 1.08 bits per heavy atom. The van der Waals surface area contributed by atoms with Crippen LogP contribution in [0.3, 0.4) is 0 Å². The normalized spacial score (nSPS) is 10.9. The number of anilines is 1. The van der Waals surface area contributed by atoms with Crippen molar-refractivity contribution < 1.29 is 4.42 Å². The van der Waals surface area contributed by atoms with Gasteiger partial charge in [-0.1, -0.05) is 53.4 Å². The van der Waals surface area contributed by atoms with Crippen molar-refractivity contribution in [2.45, 2.75) is 16.6 Å². The molecule has 5 nitrogen and oxygen atoms in total. The second-order valence-corrected chi connectivity index (χ2v) is 8.16. The Hall–Kier alpha value is -2.16. The molecule has 8 heteroatoms. The summed E-state index contributed by atoms with van der Waals surface area (Å²) in [5.41, 5.74) is 2.22. The molecule has 0 saturated heterocycles. The summed E-state index contributed by atoms with van der Waals surface area (Å²) in [5, 5.41) is 15.5. The summed E-state index contributed by atoms with van der Waals surface area (Å²) in [5.74, 6) is 1.66. The van der Waals surface area contributed by atoms with Crippen LogP contribution in [0.4, 0.5) is 5.13 Å². The molecule has 0 spiro atoms. The summed E-state index contributed by atoms with van der Waals surface area (Å²) in [6, 6.07) is 14.0. The highest BCUT2D eigenvalue weighted by Gasteiger charge is 2.08. The van der Waals surface area contributed by atoms with E-state index in [1.165, 1.54) is 0 Å². The molecule has 0 atom stereocenters. The van der Waals surface area contributed by atoms with Crippen molar-refractivity contribution in [1.29, 1.82) is 0 Å². The van der Waals surface area contributed by atoms with Crippen LogP contribution in [0.1, 0.15) is 11.5 Å². The lowest BCUT2D eigenvalue weighted by Gasteiger charge is -1.97. The zero-order valence-corrected chi connectivity index (χ0v) is 15.5. The van der Waals surface area contributed by atoms with E-state index in [0.717, 1.165) is 37.2 Å². The number of aromatic nitrogens is 3. The maximum Gasteiger partial charge on any atom is 0.206 e. The lowest BCUT2D eigenvalue weighted by atomic mass is 10.2. The monoisotopic (exact) mass is 386 g/mol. The highest BCUT2D eigenvalue weighted by Crippen LogP contribution is 2.30. The fourth-order valence-corrected chi connectivity index (χ4v) is 4.71. The molecular formula is C17H14N4OS3. The van der Waals surface area contributed by atoms with Crippen molar-refractivity contribution >= 4 is 39.6 Å². The first kappa shape index (κ1) is 16.3. The first-order chi connectivity index (χ1) is 12.4. The summed E-state index contributed by atoms with van der Waals surface area (Å²) in [6.07, 6.45) is 1.66. The Morgan fingerprint density at radius 2 is 2.00 bits per heavy atom. The van der Waals surface area contributed by atoms with E-state index in [1.807, 2.05) is 30.3 Å². The Labute approximate surface area is 157 Å². The van der Waals surface area contributed by atoms with Crippen LogP contribution in [-0.2, 0) is 12.3 Å². The highest BCUT2D eigenvalue weighted by atomic mass is 32.2. The van der Waals surface area contributed by atoms with Crippen molar-refractivity contribution in [2.75, 3.05) is 5.32 Å². The third-order valence-electron chi connectivity index (χ3n) is 3.32. The Bertz CT molecular complexity index is 918. The number of hydrogen-bond donors (Lipinski definition) is 1. The summed E-state index contributed by atoms with van der Waals surface area (Å²) < 4.78 is 6.21. The molecule has 0 amide bonds. The molecule has 0 unspecified atom stereocenters. The smallest absolute Gasteiger partial charge is 0.206 e. The van der Waals surface area contributed by atoms with Gasteiger partial charge in [0.1, 0.15) is 10.8 Å². The number of nitrogens with zero attached hydrogens (tertiary/aromatic N) is 3. The molecule has 0 aliphatic carbocycles. The molecule has 0 aliphatic heterocycles. The van der Waals surface area contributed by atoms with Crippen LogP contribution in [-0.4, -0.2) is 15.2 Å². The summed E-state index contributed by atoms with van der Waals surface area (Å²) in [4.78, 5) is 4.70. The Morgan fingerprint density at radius 3 is 2.84 bits per heavy atom. The lowest BCUT2D eigenvalue weighted by Crippen LogP contribution is -1.96. The standard InChI is InChI=1S/C17H14N4OS3/c1-2-5-12(6-3-1)15-19-13(10-23-15)11-24-17-21-20-16(25-17)18-9-14-7-4-8-22-14/h1-8,10H,9,11H2,(H,18,20). The zero-order valence-electron chi connectivity index (χ0n) is 13.1. The molecule has 25 heavy (non-hydrogen) atoms. The van der Waals surface area contributed by atoms with E-state index in [0.29, 0.717) is 6.54 Å². The van der Waals surface area contributed by atoms with Gasteiger partial charge in [0.25, 0.3) is 0 Å². The number of hydrogen-bond acceptors (Lipinski definition) is 8. The van der Waals surface area contributed by atoms with Crippen LogP contribution in [0.25, 0.3) is 10.6 Å². The number of thioether (sulfide) groups is 1. The minimum absolute atomic E-state index is 0.610. The quantitative estimate of drug-likeness (QED) is 0.443. The number of thiazole rings is 1. The van der Waals surface area contributed by atoms with Crippen molar-refractivity contribution in [1.82, 2.24) is 15.2 Å². The summed E-state index contributed by atoms with van der Waals surface area (Å²) >= 11 is 4.86. The molecule has 0 radical (unpaired) electrons. The number of rotatable bonds is 7. The van der Waals surface area contributed by atoms with Crippen LogP contribution in [0.5, 0.6) is 0 Å². The third kappa shape index (κ3) is 4.28. The van der Waals surface area contributed by atoms with Gasteiger partial charge >= 0.3 is 0 Å². The Balaban J connectivity index is 1.32. The maximum absolute atomic E-state index is 5.29. The first-order valence-electron chi connectivity index (χ1n) is 7.59. The van der Waals surface area contributed by atoms with Gasteiger partial charge in [-0.2, -0.15) is 0 Å². The van der Waals surface area contributed by atoms with Gasteiger partial charge in [-0.15, -0.1) is 21.5 Å². The fraction of sp³-hybridized carbons (Fsp3) is 0.118. The molecule has 1 aromatic carbocycles. The van der Waals surface area contributed by atoms with Crippen LogP contribution in [0.2, 0.25) is 0 Å². The predicted molar refractivity (Wildman–Crippen MR) is 103 cm³/mol. The Kier molecular flexibility index (Phi) is 5.10. The maximum atomic E-state index is 5.29. The van der Waals surface area contributed by atoms with Gasteiger partial charge in [0.15, 0.2) is 4.34 Å². The molecule has 126 valence electrons. The number of furan rings is 1. The molecule has 0 saturated carbocycles. The SMILES string of the molecule is c1ccc(-c2nc(CSc3nnc(NCc4ccco4)s3)cs2)cc1. The molecular weight excluding hydrogens is 372 g/mol. The second kappa shape index (κ2) is 7.81. The van der Waals surface area contributed by atoms with E-state index in [9.17, 15) is 0 Å². The van der Waals surface area contributed by atoms with Crippen molar-refractivity contribution in [3.63, 3.8) is 0 Å². The second-order valence-electron chi connectivity index (χ2n) is 5.10. The number of nitrogens with one attached hydrogen (secondary N) is 1. The van der Waals surface area contributed by atoms with Gasteiger partial charge in [0, 0.05) is 16.7 Å². The zero-order chi connectivity index (χ0) is 16.9. The van der Waals surface area contributed by atoms with Gasteiger partial charge < -0.3 is 9.73 Å². The van der Waals surface area contributed by atoms with Crippen LogP contribution < -0.4 is 5.32 Å². The fourth-order valence-electron chi connectivity index (χ4n) is 2.14. The molecule has 0 bridgehead atoms. The molecule has 3 heterocycles. The van der Waals surface area contributed by atoms with Gasteiger partial charge in [-0.3, -0.25) is 0 Å². The average Bonchev–Trinajstić information content (AvgIpc) is 3.40. The molecule has 0 aliphatic rings. The van der Waals surface area contributed by atoms with E-state index in [1.54, 1.807) is 40.7 Å². The molecule has 4 aromatic rings. The van der Waals surface area contributed by atoms with E-state index < -0.39 is 0 Å². The van der Waals surface area contributed by atoms with Crippen LogP contribution in [0, 0.1) is 0 Å². The molecule has 3 aromatic heterocycles. The van der Waals surface area contributed by atoms with Crippen LogP contribution in [0.15, 0.2) is 62.9 Å². The van der Waals surface area contributed by atoms with Gasteiger partial charge in [-0.25, -0.2) is 4.98 Å². The number of benzene rings is 1. The molecule has 4 rings (SSSR count). The third-order valence-corrected chi connectivity index (χ3v) is 6.30. The van der Waals surface area contributed by atoms with E-state index in [-0.39, 0.29) is 0 Å². The van der Waals surface area contributed by atoms with E-state index in [2.05, 4.69) is 33.0 Å². The van der Waals surface area contributed by atoms with Crippen LogP contribution >= 0.6 is 34.4 Å². The minimum Gasteiger partial charge on any atom is -0.467 e. The van der Waals surface area contributed by atoms with Gasteiger partial charge in [0.05, 0.1) is 18.5 Å². The van der Waals surface area contributed by atoms with Crippen molar-refractivity contribution in [2.24, 2.45) is 0 Å². The first-order valence-corrected chi connectivity index (χ1v) is 10.3. The average molecular weight is 387 g/mol. The highest BCUT2D eigenvalue weighted by molar-refractivity contribution is 8.00. The summed E-state index contributed by atoms with van der Waals surface area (Å²) in [6.45, 7) is 0.610. The summed E-state index contributed by atoms with van der Waals surface area (Å²) in [7, 11) is 0. The van der Waals surface area contributed by atoms with E-state index >= 15 is 0 Å². The van der Waals surface area contributed by atoms with Gasteiger partial charge in [-0.05, 0) is 12.1 Å².